The number of thioether (sulfide) groups is 1. The van der Waals surface area contributed by atoms with Crippen molar-refractivity contribution in [3.8, 4) is 0 Å². The Morgan fingerprint density at radius 2 is 2.33 bits per heavy atom. The number of carbonyl (C=O) groups is 2. The number of amides is 2. The summed E-state index contributed by atoms with van der Waals surface area (Å²) in [5.74, 6) is 1.13. The number of nitrogens with zero attached hydrogens (tertiary/aromatic N) is 1. The van der Waals surface area contributed by atoms with Gasteiger partial charge in [0.1, 0.15) is 6.04 Å². The molecule has 1 atom stereocenters. The molecule has 2 N–H and O–H groups in total. The van der Waals surface area contributed by atoms with Crippen LogP contribution in [0.5, 0.6) is 0 Å². The molecule has 1 aromatic heterocycles. The Hall–Kier alpha value is -1.60. The molecule has 7 heteroatoms. The highest BCUT2D eigenvalue weighted by Gasteiger charge is 2.23. The van der Waals surface area contributed by atoms with E-state index in [-0.39, 0.29) is 11.8 Å². The fourth-order valence-electron chi connectivity index (χ4n) is 2.17. The van der Waals surface area contributed by atoms with Crippen LogP contribution in [0.2, 0.25) is 0 Å². The predicted octanol–water partition coefficient (Wildman–Crippen LogP) is 2.16. The van der Waals surface area contributed by atoms with Crippen molar-refractivity contribution < 1.29 is 9.59 Å². The van der Waals surface area contributed by atoms with Gasteiger partial charge in [-0.1, -0.05) is 0 Å². The molecule has 1 aliphatic heterocycles. The normalized spacial score (nSPS) is 19.1. The SMILES string of the molecule is Cc1nc2cc(NC(=O)C3CSCCC(=O)N3)ccc2s1. The predicted molar refractivity (Wildman–Crippen MR) is 86.9 cm³/mol. The lowest BCUT2D eigenvalue weighted by molar-refractivity contribution is -0.125. The Bertz CT molecular complexity index is 699. The van der Waals surface area contributed by atoms with E-state index in [2.05, 4.69) is 15.6 Å². The zero-order valence-electron chi connectivity index (χ0n) is 11.5. The van der Waals surface area contributed by atoms with E-state index in [9.17, 15) is 9.59 Å². The topological polar surface area (TPSA) is 71.1 Å². The monoisotopic (exact) mass is 321 g/mol. The Balaban J connectivity index is 1.74. The third-order valence-corrected chi connectivity index (χ3v) is 5.19. The maximum Gasteiger partial charge on any atom is 0.247 e. The fourth-order valence-corrected chi connectivity index (χ4v) is 3.94. The van der Waals surface area contributed by atoms with E-state index in [0.29, 0.717) is 17.9 Å². The number of aryl methyl sites for hydroxylation is 1. The molecule has 0 saturated carbocycles. The number of hydrogen-bond donors (Lipinski definition) is 2. The molecule has 5 nitrogen and oxygen atoms in total. The zero-order chi connectivity index (χ0) is 14.8. The standard InChI is InChI=1S/C14H15N3O2S2/c1-8-15-10-6-9(2-3-12(10)21-8)16-14(19)11-7-20-5-4-13(18)17-11/h2-3,6,11H,4-5,7H2,1H3,(H,16,19)(H,17,18). The minimum Gasteiger partial charge on any atom is -0.343 e. The van der Waals surface area contributed by atoms with E-state index in [0.717, 1.165) is 21.0 Å². The van der Waals surface area contributed by atoms with Gasteiger partial charge >= 0.3 is 0 Å². The molecule has 1 fully saturated rings. The third kappa shape index (κ3) is 3.36. The second-order valence-corrected chi connectivity index (χ2v) is 7.23. The first-order valence-electron chi connectivity index (χ1n) is 6.67. The van der Waals surface area contributed by atoms with Crippen molar-refractivity contribution in [2.24, 2.45) is 0 Å². The lowest BCUT2D eigenvalue weighted by Gasteiger charge is -2.15. The van der Waals surface area contributed by atoms with Gasteiger partial charge in [-0.2, -0.15) is 11.8 Å². The number of fused-ring (bicyclic) bond motifs is 1. The molecule has 3 rings (SSSR count). The number of carbonyl (C=O) groups excluding carboxylic acids is 2. The summed E-state index contributed by atoms with van der Waals surface area (Å²) in [6.07, 6.45) is 0.471. The smallest absolute Gasteiger partial charge is 0.247 e. The van der Waals surface area contributed by atoms with E-state index in [1.807, 2.05) is 25.1 Å². The molecule has 0 radical (unpaired) electrons. The van der Waals surface area contributed by atoms with E-state index >= 15 is 0 Å². The van der Waals surface area contributed by atoms with Crippen LogP contribution in [-0.4, -0.2) is 34.3 Å². The van der Waals surface area contributed by atoms with Crippen molar-refractivity contribution in [3.05, 3.63) is 23.2 Å². The Labute approximate surface area is 130 Å². The second-order valence-electron chi connectivity index (χ2n) is 4.85. The molecular formula is C14H15N3O2S2. The van der Waals surface area contributed by atoms with Gasteiger partial charge in [-0.25, -0.2) is 4.98 Å². The van der Waals surface area contributed by atoms with E-state index in [1.54, 1.807) is 23.1 Å². The molecule has 21 heavy (non-hydrogen) atoms. The van der Waals surface area contributed by atoms with Crippen LogP contribution < -0.4 is 10.6 Å². The second kappa shape index (κ2) is 6.03. The molecule has 0 aliphatic carbocycles. The maximum atomic E-state index is 12.3. The van der Waals surface area contributed by atoms with Crippen molar-refractivity contribution in [3.63, 3.8) is 0 Å². The van der Waals surface area contributed by atoms with Gasteiger partial charge in [0.2, 0.25) is 11.8 Å². The fraction of sp³-hybridized carbons (Fsp3) is 0.357. The lowest BCUT2D eigenvalue weighted by atomic mass is 10.2. The average Bonchev–Trinajstić information content (AvgIpc) is 2.66. The quantitative estimate of drug-likeness (QED) is 0.889. The van der Waals surface area contributed by atoms with Gasteiger partial charge in [-0.15, -0.1) is 11.3 Å². The van der Waals surface area contributed by atoms with Crippen LogP contribution in [-0.2, 0) is 9.59 Å². The minimum atomic E-state index is -0.474. The summed E-state index contributed by atoms with van der Waals surface area (Å²) >= 11 is 3.24. The molecule has 1 aromatic carbocycles. The molecule has 1 saturated heterocycles. The Morgan fingerprint density at radius 3 is 3.19 bits per heavy atom. The zero-order valence-corrected chi connectivity index (χ0v) is 13.1. The molecule has 0 bridgehead atoms. The highest BCUT2D eigenvalue weighted by Crippen LogP contribution is 2.24. The summed E-state index contributed by atoms with van der Waals surface area (Å²) in [6.45, 7) is 1.96. The molecular weight excluding hydrogens is 306 g/mol. The van der Waals surface area contributed by atoms with Gasteiger partial charge in [-0.05, 0) is 25.1 Å². The summed E-state index contributed by atoms with van der Waals surface area (Å²) in [5, 5.41) is 6.61. The number of aromatic nitrogens is 1. The van der Waals surface area contributed by atoms with Gasteiger partial charge in [0.25, 0.3) is 0 Å². The third-order valence-electron chi connectivity index (χ3n) is 3.17. The van der Waals surface area contributed by atoms with Gasteiger partial charge in [0, 0.05) is 23.6 Å². The van der Waals surface area contributed by atoms with E-state index in [4.69, 9.17) is 0 Å². The van der Waals surface area contributed by atoms with Crippen LogP contribution in [0.4, 0.5) is 5.69 Å². The average molecular weight is 321 g/mol. The highest BCUT2D eigenvalue weighted by atomic mass is 32.2. The number of nitrogens with one attached hydrogen (secondary N) is 2. The Kier molecular flexibility index (Phi) is 4.12. The van der Waals surface area contributed by atoms with Crippen molar-refractivity contribution in [2.75, 3.05) is 16.8 Å². The van der Waals surface area contributed by atoms with Crippen LogP contribution in [0.1, 0.15) is 11.4 Å². The molecule has 1 aliphatic rings. The number of thiazole rings is 1. The first-order valence-corrected chi connectivity index (χ1v) is 8.64. The van der Waals surface area contributed by atoms with Crippen molar-refractivity contribution >= 4 is 50.8 Å². The van der Waals surface area contributed by atoms with Crippen LogP contribution in [0, 0.1) is 6.92 Å². The largest absolute Gasteiger partial charge is 0.343 e. The molecule has 1 unspecified atom stereocenters. The minimum absolute atomic E-state index is 0.0641. The van der Waals surface area contributed by atoms with Gasteiger partial charge < -0.3 is 10.6 Å². The lowest BCUT2D eigenvalue weighted by Crippen LogP contribution is -2.44. The van der Waals surface area contributed by atoms with Crippen molar-refractivity contribution in [1.29, 1.82) is 0 Å². The first kappa shape index (κ1) is 14.3. The summed E-state index contributed by atoms with van der Waals surface area (Å²) in [4.78, 5) is 28.2. The summed E-state index contributed by atoms with van der Waals surface area (Å²) < 4.78 is 1.10. The first-order chi connectivity index (χ1) is 10.1. The van der Waals surface area contributed by atoms with Gasteiger partial charge in [0.05, 0.1) is 15.2 Å². The number of hydrogen-bond acceptors (Lipinski definition) is 5. The van der Waals surface area contributed by atoms with Crippen molar-refractivity contribution in [1.82, 2.24) is 10.3 Å². The summed E-state index contributed by atoms with van der Waals surface area (Å²) in [7, 11) is 0. The van der Waals surface area contributed by atoms with E-state index in [1.165, 1.54) is 0 Å². The molecule has 110 valence electrons. The van der Waals surface area contributed by atoms with Crippen molar-refractivity contribution in [2.45, 2.75) is 19.4 Å². The Morgan fingerprint density at radius 1 is 1.48 bits per heavy atom. The maximum absolute atomic E-state index is 12.3. The summed E-state index contributed by atoms with van der Waals surface area (Å²) in [6, 6.07) is 5.21. The molecule has 2 amide bonds. The van der Waals surface area contributed by atoms with Crippen LogP contribution >= 0.6 is 23.1 Å². The van der Waals surface area contributed by atoms with Crippen LogP contribution in [0.15, 0.2) is 18.2 Å². The van der Waals surface area contributed by atoms with Crippen LogP contribution in [0.3, 0.4) is 0 Å². The van der Waals surface area contributed by atoms with Gasteiger partial charge in [-0.3, -0.25) is 9.59 Å². The highest BCUT2D eigenvalue weighted by molar-refractivity contribution is 7.99. The number of rotatable bonds is 2. The molecule has 0 spiro atoms. The molecule has 2 heterocycles. The van der Waals surface area contributed by atoms with E-state index < -0.39 is 6.04 Å². The van der Waals surface area contributed by atoms with Crippen LogP contribution in [0.25, 0.3) is 10.2 Å². The molecule has 2 aromatic rings. The van der Waals surface area contributed by atoms with Gasteiger partial charge in [0.15, 0.2) is 0 Å². The number of benzene rings is 1. The summed E-state index contributed by atoms with van der Waals surface area (Å²) in [5.41, 5.74) is 1.59. The number of anilines is 1.